The van der Waals surface area contributed by atoms with E-state index in [9.17, 15) is 9.59 Å². The lowest BCUT2D eigenvalue weighted by molar-refractivity contribution is -0.124. The van der Waals surface area contributed by atoms with Gasteiger partial charge in [0.2, 0.25) is 0 Å². The van der Waals surface area contributed by atoms with Crippen LogP contribution in [0.15, 0.2) is 48.5 Å². The minimum absolute atomic E-state index is 0.247. The van der Waals surface area contributed by atoms with Gasteiger partial charge in [0.15, 0.2) is 6.61 Å². The van der Waals surface area contributed by atoms with Crippen molar-refractivity contribution in [3.63, 3.8) is 0 Å². The van der Waals surface area contributed by atoms with E-state index < -0.39 is 5.97 Å². The Hall–Kier alpha value is -3.22. The largest absolute Gasteiger partial charge is 0.452 e. The number of nitrogens with one attached hydrogen (secondary N) is 1. The summed E-state index contributed by atoms with van der Waals surface area (Å²) in [7, 11) is 0. The van der Waals surface area contributed by atoms with Gasteiger partial charge in [-0.15, -0.1) is 5.10 Å². The second-order valence-electron chi connectivity index (χ2n) is 7.82. The number of rotatable bonds is 7. The third-order valence-electron chi connectivity index (χ3n) is 5.59. The number of hydrogen-bond acceptors (Lipinski definition) is 5. The zero-order chi connectivity index (χ0) is 20.8. The molecule has 1 aliphatic carbocycles. The van der Waals surface area contributed by atoms with Crippen LogP contribution in [0.5, 0.6) is 0 Å². The van der Waals surface area contributed by atoms with E-state index >= 15 is 0 Å². The Kier molecular flexibility index (Phi) is 6.37. The van der Waals surface area contributed by atoms with E-state index in [1.807, 2.05) is 41.1 Å². The highest BCUT2D eigenvalue weighted by molar-refractivity contribution is 5.91. The van der Waals surface area contributed by atoms with Gasteiger partial charge in [0.1, 0.15) is 5.52 Å². The van der Waals surface area contributed by atoms with Gasteiger partial charge >= 0.3 is 5.97 Å². The second-order valence-corrected chi connectivity index (χ2v) is 7.82. The maximum absolute atomic E-state index is 12.2. The van der Waals surface area contributed by atoms with Crippen LogP contribution in [-0.4, -0.2) is 40.0 Å². The van der Waals surface area contributed by atoms with E-state index in [0.717, 1.165) is 29.4 Å². The lowest BCUT2D eigenvalue weighted by Gasteiger charge is -2.21. The van der Waals surface area contributed by atoms with Gasteiger partial charge in [0.25, 0.3) is 5.91 Å². The highest BCUT2D eigenvalue weighted by atomic mass is 16.5. The van der Waals surface area contributed by atoms with Crippen molar-refractivity contribution in [1.82, 2.24) is 20.3 Å². The molecule has 0 radical (unpaired) electrons. The number of ether oxygens (including phenoxy) is 1. The Balaban J connectivity index is 1.26. The molecule has 0 bridgehead atoms. The minimum atomic E-state index is -0.499. The molecule has 0 aliphatic heterocycles. The van der Waals surface area contributed by atoms with Gasteiger partial charge in [-0.1, -0.05) is 48.7 Å². The molecule has 0 saturated heterocycles. The molecule has 0 unspecified atom stereocenters. The van der Waals surface area contributed by atoms with Crippen molar-refractivity contribution in [2.75, 3.05) is 13.2 Å². The number of esters is 1. The first kappa shape index (κ1) is 20.1. The van der Waals surface area contributed by atoms with Crippen molar-refractivity contribution in [1.29, 1.82) is 0 Å². The van der Waals surface area contributed by atoms with Crippen LogP contribution < -0.4 is 5.32 Å². The number of carbonyl (C=O) groups is 2. The number of amides is 1. The van der Waals surface area contributed by atoms with Gasteiger partial charge in [-0.3, -0.25) is 4.79 Å². The molecular formula is C23H26N4O3. The third kappa shape index (κ3) is 5.03. The fourth-order valence-corrected chi connectivity index (χ4v) is 3.87. The summed E-state index contributed by atoms with van der Waals surface area (Å²) >= 11 is 0. The molecule has 2 aromatic carbocycles. The van der Waals surface area contributed by atoms with Crippen LogP contribution in [0.2, 0.25) is 0 Å². The SMILES string of the molecule is O=C(COC(=O)c1ccc(Cn2nnc3ccccc32)cc1)NCC1CCCCC1. The number of aromatic nitrogens is 3. The van der Waals surface area contributed by atoms with Crippen molar-refractivity contribution >= 4 is 22.9 Å². The van der Waals surface area contributed by atoms with E-state index in [0.29, 0.717) is 24.6 Å². The number of fused-ring (bicyclic) bond motifs is 1. The summed E-state index contributed by atoms with van der Waals surface area (Å²) in [6.07, 6.45) is 6.08. The molecule has 1 aromatic heterocycles. The van der Waals surface area contributed by atoms with Crippen LogP contribution in [-0.2, 0) is 16.1 Å². The van der Waals surface area contributed by atoms with Crippen LogP contribution >= 0.6 is 0 Å². The van der Waals surface area contributed by atoms with Gasteiger partial charge in [0.05, 0.1) is 17.6 Å². The summed E-state index contributed by atoms with van der Waals surface area (Å²) in [5, 5.41) is 11.2. The average molecular weight is 406 g/mol. The molecule has 156 valence electrons. The first-order chi connectivity index (χ1) is 14.7. The summed E-state index contributed by atoms with van der Waals surface area (Å²) in [6.45, 7) is 0.972. The lowest BCUT2D eigenvalue weighted by atomic mass is 9.89. The molecular weight excluding hydrogens is 380 g/mol. The Labute approximate surface area is 175 Å². The van der Waals surface area contributed by atoms with Crippen molar-refractivity contribution < 1.29 is 14.3 Å². The minimum Gasteiger partial charge on any atom is -0.452 e. The molecule has 30 heavy (non-hydrogen) atoms. The van der Waals surface area contributed by atoms with E-state index in [4.69, 9.17) is 4.74 Å². The maximum atomic E-state index is 12.2. The van der Waals surface area contributed by atoms with Gasteiger partial charge in [-0.25, -0.2) is 9.48 Å². The predicted octanol–water partition coefficient (Wildman–Crippen LogP) is 3.33. The Morgan fingerprint density at radius 2 is 1.80 bits per heavy atom. The topological polar surface area (TPSA) is 86.1 Å². The van der Waals surface area contributed by atoms with Crippen LogP contribution in [0.1, 0.15) is 48.0 Å². The normalized spacial score (nSPS) is 14.5. The molecule has 1 amide bonds. The predicted molar refractivity (Wildman–Crippen MR) is 113 cm³/mol. The summed E-state index contributed by atoms with van der Waals surface area (Å²) < 4.78 is 6.97. The van der Waals surface area contributed by atoms with Crippen LogP contribution in [0.3, 0.4) is 0 Å². The van der Waals surface area contributed by atoms with E-state index in [-0.39, 0.29) is 12.5 Å². The Bertz CT molecular complexity index is 1010. The number of hydrogen-bond donors (Lipinski definition) is 1. The van der Waals surface area contributed by atoms with Gasteiger partial charge in [-0.2, -0.15) is 0 Å². The standard InChI is InChI=1S/C23H26N4O3/c28-22(24-14-17-6-2-1-3-7-17)16-30-23(29)19-12-10-18(11-13-19)15-27-21-9-5-4-8-20(21)25-26-27/h4-5,8-13,17H,1-3,6-7,14-16H2,(H,24,28). The fourth-order valence-electron chi connectivity index (χ4n) is 3.87. The third-order valence-corrected chi connectivity index (χ3v) is 5.59. The molecule has 0 atom stereocenters. The van der Waals surface area contributed by atoms with E-state index in [1.54, 1.807) is 12.1 Å². The summed E-state index contributed by atoms with van der Waals surface area (Å²) in [6, 6.07) is 14.9. The Morgan fingerprint density at radius 1 is 1.03 bits per heavy atom. The molecule has 7 nitrogen and oxygen atoms in total. The van der Waals surface area contributed by atoms with Crippen molar-refractivity contribution in [3.05, 3.63) is 59.7 Å². The van der Waals surface area contributed by atoms with Crippen LogP contribution in [0.25, 0.3) is 11.0 Å². The fraction of sp³-hybridized carbons (Fsp3) is 0.391. The smallest absolute Gasteiger partial charge is 0.338 e. The molecule has 0 spiro atoms. The molecule has 1 aliphatic rings. The van der Waals surface area contributed by atoms with Crippen molar-refractivity contribution in [2.45, 2.75) is 38.6 Å². The van der Waals surface area contributed by atoms with Crippen molar-refractivity contribution in [3.8, 4) is 0 Å². The molecule has 1 heterocycles. The zero-order valence-corrected chi connectivity index (χ0v) is 16.9. The van der Waals surface area contributed by atoms with Crippen LogP contribution in [0, 0.1) is 5.92 Å². The molecule has 1 fully saturated rings. The molecule has 1 N–H and O–H groups in total. The number of carbonyl (C=O) groups excluding carboxylic acids is 2. The highest BCUT2D eigenvalue weighted by Crippen LogP contribution is 2.22. The first-order valence-electron chi connectivity index (χ1n) is 10.5. The first-order valence-corrected chi connectivity index (χ1v) is 10.5. The summed E-state index contributed by atoms with van der Waals surface area (Å²) in [4.78, 5) is 24.2. The monoisotopic (exact) mass is 406 g/mol. The summed E-state index contributed by atoms with van der Waals surface area (Å²) in [5.74, 6) is -0.197. The van der Waals surface area contributed by atoms with E-state index in [2.05, 4.69) is 15.6 Å². The van der Waals surface area contributed by atoms with Crippen molar-refractivity contribution in [2.24, 2.45) is 5.92 Å². The quantitative estimate of drug-likeness (QED) is 0.608. The zero-order valence-electron chi connectivity index (χ0n) is 16.9. The lowest BCUT2D eigenvalue weighted by Crippen LogP contribution is -2.33. The number of para-hydroxylation sites is 1. The number of benzene rings is 2. The Morgan fingerprint density at radius 3 is 2.60 bits per heavy atom. The highest BCUT2D eigenvalue weighted by Gasteiger charge is 2.15. The maximum Gasteiger partial charge on any atom is 0.338 e. The van der Waals surface area contributed by atoms with Gasteiger partial charge < -0.3 is 10.1 Å². The van der Waals surface area contributed by atoms with Crippen LogP contribution in [0.4, 0.5) is 0 Å². The molecule has 3 aromatic rings. The van der Waals surface area contributed by atoms with Gasteiger partial charge in [0, 0.05) is 6.54 Å². The number of nitrogens with zero attached hydrogens (tertiary/aromatic N) is 3. The van der Waals surface area contributed by atoms with E-state index in [1.165, 1.54) is 19.3 Å². The summed E-state index contributed by atoms with van der Waals surface area (Å²) in [5.41, 5.74) is 3.22. The second kappa shape index (κ2) is 9.52. The van der Waals surface area contributed by atoms with Gasteiger partial charge in [-0.05, 0) is 48.6 Å². The molecule has 1 saturated carbocycles. The molecule has 4 rings (SSSR count). The molecule has 7 heteroatoms. The average Bonchev–Trinajstić information content (AvgIpc) is 3.20.